The van der Waals surface area contributed by atoms with Gasteiger partial charge in [-0.05, 0) is 13.2 Å². The molecule has 0 spiro atoms. The third kappa shape index (κ3) is 3.22. The van der Waals surface area contributed by atoms with Crippen LogP contribution >= 0.6 is 11.8 Å². The van der Waals surface area contributed by atoms with Crippen molar-refractivity contribution in [2.75, 3.05) is 18.1 Å². The lowest BCUT2D eigenvalue weighted by atomic mass is 10.4. The number of hydrogen-bond acceptors (Lipinski definition) is 4. The molecule has 0 fully saturated rings. The monoisotopic (exact) mass is 197 g/mol. The Kier molecular flexibility index (Phi) is 4.02. The molecule has 1 atom stereocenters. The van der Waals surface area contributed by atoms with Gasteiger partial charge in [-0.25, -0.2) is 4.98 Å². The third-order valence-corrected chi connectivity index (χ3v) is 2.81. The Morgan fingerprint density at radius 1 is 1.46 bits per heavy atom. The molecule has 0 bridgehead atoms. The van der Waals surface area contributed by atoms with E-state index in [-0.39, 0.29) is 0 Å². The third-order valence-electron chi connectivity index (χ3n) is 1.84. The van der Waals surface area contributed by atoms with Gasteiger partial charge in [0.2, 0.25) is 0 Å². The van der Waals surface area contributed by atoms with Crippen LogP contribution in [0.1, 0.15) is 12.6 Å². The summed E-state index contributed by atoms with van der Waals surface area (Å²) >= 11 is 1.84. The number of rotatable bonds is 4. The summed E-state index contributed by atoms with van der Waals surface area (Å²) in [5, 5.41) is 3.87. The molecule has 4 heteroatoms. The minimum atomic E-state index is 0.599. The van der Waals surface area contributed by atoms with Crippen LogP contribution in [0.2, 0.25) is 0 Å². The van der Waals surface area contributed by atoms with Gasteiger partial charge < -0.3 is 5.32 Å². The van der Waals surface area contributed by atoms with Gasteiger partial charge in [0.25, 0.3) is 0 Å². The Morgan fingerprint density at radius 2 is 2.15 bits per heavy atom. The normalized spacial score (nSPS) is 12.5. The maximum Gasteiger partial charge on any atom is 0.147 e. The minimum absolute atomic E-state index is 0.599. The summed E-state index contributed by atoms with van der Waals surface area (Å²) in [4.78, 5) is 8.35. The molecule has 72 valence electrons. The van der Waals surface area contributed by atoms with Crippen LogP contribution in [0.3, 0.4) is 0 Å². The highest BCUT2D eigenvalue weighted by molar-refractivity contribution is 7.99. The van der Waals surface area contributed by atoms with Crippen molar-refractivity contribution in [3.8, 4) is 0 Å². The van der Waals surface area contributed by atoms with Crippen LogP contribution in [-0.2, 0) is 0 Å². The van der Waals surface area contributed by atoms with E-state index in [1.165, 1.54) is 0 Å². The van der Waals surface area contributed by atoms with Crippen molar-refractivity contribution in [2.45, 2.75) is 19.1 Å². The summed E-state index contributed by atoms with van der Waals surface area (Å²) in [7, 11) is 0. The topological polar surface area (TPSA) is 37.8 Å². The maximum absolute atomic E-state index is 4.20. The van der Waals surface area contributed by atoms with Crippen LogP contribution < -0.4 is 5.32 Å². The Balaban J connectivity index is 2.50. The molecular weight excluding hydrogens is 182 g/mol. The van der Waals surface area contributed by atoms with Gasteiger partial charge in [-0.2, -0.15) is 11.8 Å². The molecule has 1 aromatic heterocycles. The number of nitrogens with one attached hydrogen (secondary N) is 1. The first kappa shape index (κ1) is 10.3. The van der Waals surface area contributed by atoms with E-state index in [4.69, 9.17) is 0 Å². The molecule has 0 saturated carbocycles. The second kappa shape index (κ2) is 5.07. The highest BCUT2D eigenvalue weighted by atomic mass is 32.2. The molecule has 1 unspecified atom stereocenters. The zero-order valence-electron chi connectivity index (χ0n) is 8.24. The first-order chi connectivity index (χ1) is 6.24. The van der Waals surface area contributed by atoms with Crippen molar-refractivity contribution in [1.29, 1.82) is 0 Å². The number of aryl methyl sites for hydroxylation is 1. The van der Waals surface area contributed by atoms with Gasteiger partial charge in [0.15, 0.2) is 0 Å². The Morgan fingerprint density at radius 3 is 2.77 bits per heavy atom. The zero-order valence-corrected chi connectivity index (χ0v) is 9.06. The molecule has 0 saturated heterocycles. The lowest BCUT2D eigenvalue weighted by molar-refractivity contribution is 0.976. The van der Waals surface area contributed by atoms with E-state index in [9.17, 15) is 0 Å². The quantitative estimate of drug-likeness (QED) is 0.800. The van der Waals surface area contributed by atoms with Gasteiger partial charge in [-0.15, -0.1) is 0 Å². The van der Waals surface area contributed by atoms with E-state index in [1.807, 2.05) is 18.7 Å². The van der Waals surface area contributed by atoms with Gasteiger partial charge in [-0.3, -0.25) is 4.98 Å². The van der Waals surface area contributed by atoms with Gasteiger partial charge >= 0.3 is 0 Å². The fraction of sp³-hybridized carbons (Fsp3) is 0.556. The van der Waals surface area contributed by atoms with Gasteiger partial charge in [0, 0.05) is 24.2 Å². The SMILES string of the molecule is CSC(C)CNc1nccnc1C. The summed E-state index contributed by atoms with van der Waals surface area (Å²) in [6.45, 7) is 5.07. The van der Waals surface area contributed by atoms with Crippen molar-refractivity contribution < 1.29 is 0 Å². The summed E-state index contributed by atoms with van der Waals surface area (Å²) in [6, 6.07) is 0. The van der Waals surface area contributed by atoms with E-state index < -0.39 is 0 Å². The Bertz CT molecular complexity index is 265. The Labute approximate surface area is 83.4 Å². The fourth-order valence-electron chi connectivity index (χ4n) is 0.905. The predicted molar refractivity (Wildman–Crippen MR) is 58.2 cm³/mol. The number of aromatic nitrogens is 2. The van der Waals surface area contributed by atoms with Crippen molar-refractivity contribution in [1.82, 2.24) is 9.97 Å². The molecule has 1 N–H and O–H groups in total. The first-order valence-electron chi connectivity index (χ1n) is 4.28. The van der Waals surface area contributed by atoms with E-state index in [2.05, 4.69) is 28.5 Å². The number of anilines is 1. The van der Waals surface area contributed by atoms with Crippen LogP contribution in [0, 0.1) is 6.92 Å². The zero-order chi connectivity index (χ0) is 9.68. The maximum atomic E-state index is 4.20. The molecule has 0 aliphatic carbocycles. The molecule has 0 aliphatic rings. The van der Waals surface area contributed by atoms with Crippen LogP contribution in [0.25, 0.3) is 0 Å². The lowest BCUT2D eigenvalue weighted by Gasteiger charge is -2.10. The van der Waals surface area contributed by atoms with E-state index in [1.54, 1.807) is 12.4 Å². The summed E-state index contributed by atoms with van der Waals surface area (Å²) in [6.07, 6.45) is 5.52. The fourth-order valence-corrected chi connectivity index (χ4v) is 1.15. The molecule has 1 rings (SSSR count). The molecule has 0 amide bonds. The van der Waals surface area contributed by atoms with Crippen molar-refractivity contribution in [3.63, 3.8) is 0 Å². The molecule has 3 nitrogen and oxygen atoms in total. The number of thioether (sulfide) groups is 1. The summed E-state index contributed by atoms with van der Waals surface area (Å²) in [5.74, 6) is 0.892. The average Bonchev–Trinajstić information content (AvgIpc) is 2.16. The molecule has 0 aromatic carbocycles. The van der Waals surface area contributed by atoms with Crippen LogP contribution in [0.5, 0.6) is 0 Å². The molecule has 1 heterocycles. The molecule has 0 aliphatic heterocycles. The lowest BCUT2D eigenvalue weighted by Crippen LogP contribution is -2.14. The average molecular weight is 197 g/mol. The second-order valence-electron chi connectivity index (χ2n) is 2.92. The van der Waals surface area contributed by atoms with Gasteiger partial charge in [0.1, 0.15) is 5.82 Å². The van der Waals surface area contributed by atoms with Crippen LogP contribution in [0.15, 0.2) is 12.4 Å². The summed E-state index contributed by atoms with van der Waals surface area (Å²) in [5.41, 5.74) is 0.954. The molecular formula is C9H15N3S. The predicted octanol–water partition coefficient (Wildman–Crippen LogP) is 1.95. The standard InChI is InChI=1S/C9H15N3S/c1-7(13-3)6-12-9-8(2)10-4-5-11-9/h4-5,7H,6H2,1-3H3,(H,11,12). The highest BCUT2D eigenvalue weighted by Crippen LogP contribution is 2.09. The first-order valence-corrected chi connectivity index (χ1v) is 5.57. The smallest absolute Gasteiger partial charge is 0.147 e. The number of nitrogens with zero attached hydrogens (tertiary/aromatic N) is 2. The largest absolute Gasteiger partial charge is 0.367 e. The molecule has 0 radical (unpaired) electrons. The highest BCUT2D eigenvalue weighted by Gasteiger charge is 2.01. The van der Waals surface area contributed by atoms with E-state index in [0.717, 1.165) is 18.1 Å². The van der Waals surface area contributed by atoms with Crippen molar-refractivity contribution in [2.24, 2.45) is 0 Å². The van der Waals surface area contributed by atoms with E-state index in [0.29, 0.717) is 5.25 Å². The van der Waals surface area contributed by atoms with Crippen LogP contribution in [-0.4, -0.2) is 28.0 Å². The van der Waals surface area contributed by atoms with Gasteiger partial charge in [0.05, 0.1) is 5.69 Å². The van der Waals surface area contributed by atoms with Crippen molar-refractivity contribution in [3.05, 3.63) is 18.1 Å². The Hall–Kier alpha value is -0.770. The van der Waals surface area contributed by atoms with Crippen molar-refractivity contribution >= 4 is 17.6 Å². The number of hydrogen-bond donors (Lipinski definition) is 1. The minimum Gasteiger partial charge on any atom is -0.367 e. The van der Waals surface area contributed by atoms with Gasteiger partial charge in [-0.1, -0.05) is 6.92 Å². The van der Waals surface area contributed by atoms with Crippen LogP contribution in [0.4, 0.5) is 5.82 Å². The summed E-state index contributed by atoms with van der Waals surface area (Å²) < 4.78 is 0. The molecule has 13 heavy (non-hydrogen) atoms. The van der Waals surface area contributed by atoms with E-state index >= 15 is 0 Å². The molecule has 1 aromatic rings. The second-order valence-corrected chi connectivity index (χ2v) is 4.19.